The molecule has 5 N–H and O–H groups in total. The van der Waals surface area contributed by atoms with Gasteiger partial charge in [-0.05, 0) is 107 Å². The largest absolute Gasteiger partial charge is 0.355 e. The molecule has 5 atom stereocenters. The minimum Gasteiger partial charge on any atom is -0.355 e. The first-order valence-electron chi connectivity index (χ1n) is 17.3. The zero-order chi connectivity index (χ0) is 33.7. The molecular formula is C38H47N7O2S. The molecule has 48 heavy (non-hydrogen) atoms. The summed E-state index contributed by atoms with van der Waals surface area (Å²) < 4.78 is 0. The predicted molar refractivity (Wildman–Crippen MR) is 193 cm³/mol. The number of likely N-dealkylation sites (tertiary alicyclic amines) is 1. The molecule has 1 saturated carbocycles. The van der Waals surface area contributed by atoms with Gasteiger partial charge in [-0.2, -0.15) is 4.99 Å². The van der Waals surface area contributed by atoms with Crippen molar-refractivity contribution in [2.75, 3.05) is 19.6 Å². The van der Waals surface area contributed by atoms with Crippen molar-refractivity contribution in [3.8, 4) is 11.3 Å². The molecular weight excluding hydrogens is 619 g/mol. The summed E-state index contributed by atoms with van der Waals surface area (Å²) in [5.41, 5.74) is 12.0. The number of aromatic nitrogens is 2. The maximum atomic E-state index is 14.1. The summed E-state index contributed by atoms with van der Waals surface area (Å²) >= 11 is 1.70. The van der Waals surface area contributed by atoms with E-state index in [1.54, 1.807) is 17.5 Å². The third-order valence-electron chi connectivity index (χ3n) is 10.9. The first kappa shape index (κ1) is 32.5. The van der Waals surface area contributed by atoms with Gasteiger partial charge in [0.2, 0.25) is 5.96 Å². The number of nitrogens with zero attached hydrogens (tertiary/aromatic N) is 3. The van der Waals surface area contributed by atoms with Crippen LogP contribution < -0.4 is 16.4 Å². The van der Waals surface area contributed by atoms with E-state index in [4.69, 9.17) is 5.73 Å². The molecule has 2 aliphatic heterocycles. The maximum absolute atomic E-state index is 14.1. The number of hydrogen-bond acceptors (Lipinski definition) is 5. The number of aliphatic imine (C=N–C) groups is 1. The van der Waals surface area contributed by atoms with Crippen LogP contribution in [0.5, 0.6) is 0 Å². The van der Waals surface area contributed by atoms with E-state index >= 15 is 0 Å². The number of guanidine groups is 1. The highest BCUT2D eigenvalue weighted by Gasteiger charge is 2.50. The van der Waals surface area contributed by atoms with Gasteiger partial charge in [-0.15, -0.1) is 11.3 Å². The highest BCUT2D eigenvalue weighted by Crippen LogP contribution is 2.46. The number of piperidine rings is 1. The highest BCUT2D eigenvalue weighted by atomic mass is 32.1. The molecule has 10 heteroatoms. The van der Waals surface area contributed by atoms with Gasteiger partial charge < -0.3 is 26.3 Å². The van der Waals surface area contributed by atoms with Crippen LogP contribution in [0.4, 0.5) is 4.79 Å². The smallest absolute Gasteiger partial charge is 0.341 e. The van der Waals surface area contributed by atoms with E-state index in [1.165, 1.54) is 16.7 Å². The molecule has 3 aliphatic rings. The standard InChI is InChI=1S/C38H47N7O2S/c1-21-14-22(2)16-26(15-21)33-31(23(3)18-42-37(44-36(39)47)45-13-7-9-29(45)24-8-6-12-40-19-24)27-17-30(48-35(27)43-33)38(4,5)34(46)32-25-10-11-28(32)41-20-25/h6,8,12,14-17,19,23,25,28-29,32,41,43H,7,9-11,13,18,20H2,1-5H3,(H3,39,42,44,47)/t23-,25?,28?,29?,32?/m1/s1. The first-order valence-corrected chi connectivity index (χ1v) is 18.1. The molecule has 1 aliphatic carbocycles. The second-order valence-corrected chi connectivity index (χ2v) is 15.8. The number of rotatable bonds is 8. The Morgan fingerprint density at radius 2 is 1.96 bits per heavy atom. The van der Waals surface area contributed by atoms with Crippen LogP contribution in [0.2, 0.25) is 0 Å². The van der Waals surface area contributed by atoms with E-state index in [2.05, 4.69) is 95.4 Å². The second-order valence-electron chi connectivity index (χ2n) is 14.7. The number of amides is 2. The van der Waals surface area contributed by atoms with Crippen molar-refractivity contribution in [2.24, 2.45) is 22.6 Å². The number of aromatic amines is 1. The summed E-state index contributed by atoms with van der Waals surface area (Å²) in [6, 6.07) is 12.6. The van der Waals surface area contributed by atoms with Crippen LogP contribution in [0.3, 0.4) is 0 Å². The first-order chi connectivity index (χ1) is 23.0. The van der Waals surface area contributed by atoms with E-state index < -0.39 is 11.4 Å². The monoisotopic (exact) mass is 665 g/mol. The number of aryl methyl sites for hydroxylation is 2. The molecule has 0 radical (unpaired) electrons. The fourth-order valence-electron chi connectivity index (χ4n) is 8.54. The van der Waals surface area contributed by atoms with E-state index in [0.29, 0.717) is 30.2 Å². The lowest BCUT2D eigenvalue weighted by molar-refractivity contribution is -0.128. The number of Topliss-reactive ketones (excluding diaryl/α,β-unsaturated/α-hetero) is 1. The number of fused-ring (bicyclic) bond motifs is 3. The SMILES string of the molecule is Cc1cc(C)cc(-c2[nH]c3sc(C(C)(C)C(=O)C4C5CCC4NC5)cc3c2[C@H](C)CNC(=NC(N)=O)N2CCCC2c2cccnc2)c1. The Morgan fingerprint density at radius 1 is 1.17 bits per heavy atom. The number of carbonyl (C=O) groups is 2. The Kier molecular flexibility index (Phi) is 8.66. The molecule has 252 valence electrons. The van der Waals surface area contributed by atoms with Gasteiger partial charge in [-0.25, -0.2) is 4.79 Å². The number of benzene rings is 1. The summed E-state index contributed by atoms with van der Waals surface area (Å²) in [5.74, 6) is 1.43. The number of ketones is 1. The number of nitrogens with two attached hydrogens (primary N) is 1. The van der Waals surface area contributed by atoms with E-state index in [0.717, 1.165) is 70.7 Å². The maximum Gasteiger partial charge on any atom is 0.341 e. The minimum absolute atomic E-state index is 0.0308. The third-order valence-corrected chi connectivity index (χ3v) is 12.3. The molecule has 2 saturated heterocycles. The van der Waals surface area contributed by atoms with Gasteiger partial charge in [0.15, 0.2) is 0 Å². The number of nitrogens with one attached hydrogen (secondary N) is 3. The van der Waals surface area contributed by atoms with Crippen LogP contribution in [-0.2, 0) is 10.2 Å². The lowest BCUT2D eigenvalue weighted by Gasteiger charge is -2.29. The van der Waals surface area contributed by atoms with Crippen LogP contribution in [0.1, 0.15) is 85.5 Å². The molecule has 4 unspecified atom stereocenters. The second kappa shape index (κ2) is 12.8. The summed E-state index contributed by atoms with van der Waals surface area (Å²) in [6.45, 7) is 12.9. The number of hydrogen-bond donors (Lipinski definition) is 4. The molecule has 4 aromatic rings. The molecule has 3 aromatic heterocycles. The Balaban J connectivity index is 1.23. The average Bonchev–Trinajstić information content (AvgIpc) is 3.89. The molecule has 2 bridgehead atoms. The Bertz CT molecular complexity index is 1840. The van der Waals surface area contributed by atoms with Crippen LogP contribution in [0.15, 0.2) is 53.8 Å². The Labute approximate surface area is 286 Å². The quantitative estimate of drug-likeness (QED) is 0.122. The van der Waals surface area contributed by atoms with Crippen molar-refractivity contribution < 1.29 is 9.59 Å². The van der Waals surface area contributed by atoms with Crippen molar-refractivity contribution in [1.29, 1.82) is 0 Å². The summed E-state index contributed by atoms with van der Waals surface area (Å²) in [6.07, 6.45) is 7.82. The average molecular weight is 666 g/mol. The van der Waals surface area contributed by atoms with Crippen molar-refractivity contribution in [3.63, 3.8) is 0 Å². The number of H-pyrrole nitrogens is 1. The van der Waals surface area contributed by atoms with Crippen LogP contribution in [0, 0.1) is 25.7 Å². The summed E-state index contributed by atoms with van der Waals surface area (Å²) in [5, 5.41) is 8.27. The lowest BCUT2D eigenvalue weighted by atomic mass is 9.76. The molecule has 5 heterocycles. The number of urea groups is 1. The molecule has 7 rings (SSSR count). The van der Waals surface area contributed by atoms with E-state index in [-0.39, 0.29) is 17.9 Å². The third kappa shape index (κ3) is 5.94. The Morgan fingerprint density at radius 3 is 2.60 bits per heavy atom. The lowest BCUT2D eigenvalue weighted by Crippen LogP contribution is -2.43. The fourth-order valence-corrected chi connectivity index (χ4v) is 9.72. The highest BCUT2D eigenvalue weighted by molar-refractivity contribution is 7.19. The van der Waals surface area contributed by atoms with Crippen molar-refractivity contribution in [1.82, 2.24) is 25.5 Å². The molecule has 0 spiro atoms. The summed E-state index contributed by atoms with van der Waals surface area (Å²) in [7, 11) is 0. The zero-order valence-electron chi connectivity index (χ0n) is 28.6. The van der Waals surface area contributed by atoms with Gasteiger partial charge in [-0.3, -0.25) is 9.78 Å². The number of carbonyl (C=O) groups excluding carboxylic acids is 2. The van der Waals surface area contributed by atoms with Gasteiger partial charge in [0, 0.05) is 53.6 Å². The van der Waals surface area contributed by atoms with Crippen molar-refractivity contribution in [3.05, 3.63) is 75.9 Å². The van der Waals surface area contributed by atoms with E-state index in [9.17, 15) is 9.59 Å². The zero-order valence-corrected chi connectivity index (χ0v) is 29.4. The molecule has 2 amide bonds. The molecule has 9 nitrogen and oxygen atoms in total. The van der Waals surface area contributed by atoms with Gasteiger partial charge in [-0.1, -0.05) is 30.2 Å². The van der Waals surface area contributed by atoms with Crippen molar-refractivity contribution in [2.45, 2.75) is 83.7 Å². The fraction of sp³-hybridized carbons (Fsp3) is 0.474. The minimum atomic E-state index is -0.720. The normalized spacial score (nSPS) is 23.3. The summed E-state index contributed by atoms with van der Waals surface area (Å²) in [4.78, 5) is 43.0. The molecule has 3 fully saturated rings. The predicted octanol–water partition coefficient (Wildman–Crippen LogP) is 6.72. The van der Waals surface area contributed by atoms with Gasteiger partial charge in [0.05, 0.1) is 17.2 Å². The number of thiophene rings is 1. The van der Waals surface area contributed by atoms with Crippen LogP contribution in [0.25, 0.3) is 21.5 Å². The van der Waals surface area contributed by atoms with Gasteiger partial charge >= 0.3 is 6.03 Å². The number of pyridine rings is 1. The topological polar surface area (TPSA) is 128 Å². The van der Waals surface area contributed by atoms with E-state index in [1.807, 2.05) is 12.3 Å². The number of primary amides is 1. The van der Waals surface area contributed by atoms with Crippen LogP contribution >= 0.6 is 11.3 Å². The van der Waals surface area contributed by atoms with Gasteiger partial charge in [0.1, 0.15) is 10.6 Å². The van der Waals surface area contributed by atoms with Crippen molar-refractivity contribution >= 4 is 39.3 Å². The Hall–Kier alpha value is -4.02. The van der Waals surface area contributed by atoms with Gasteiger partial charge in [0.25, 0.3) is 0 Å². The molecule has 1 aromatic carbocycles. The van der Waals surface area contributed by atoms with Crippen LogP contribution in [-0.4, -0.2) is 58.3 Å².